The zero-order chi connectivity index (χ0) is 17.1. The third-order valence-corrected chi connectivity index (χ3v) is 5.67. The first-order chi connectivity index (χ1) is 11.5. The third kappa shape index (κ3) is 4.10. The van der Waals surface area contributed by atoms with Gasteiger partial charge in [0.25, 0.3) is 0 Å². The molecule has 1 saturated carbocycles. The Morgan fingerprint density at radius 1 is 1.33 bits per heavy atom. The van der Waals surface area contributed by atoms with E-state index in [4.69, 9.17) is 11.6 Å². The van der Waals surface area contributed by atoms with Crippen LogP contribution >= 0.6 is 11.6 Å². The SMILES string of the molecule is CC(=O)NCc1ccc(CC2CC3CCCCC3NC2=O)c(Cl)c1. The van der Waals surface area contributed by atoms with Crippen molar-refractivity contribution >= 4 is 23.4 Å². The molecule has 0 aromatic heterocycles. The average Bonchev–Trinajstić information content (AvgIpc) is 2.55. The molecule has 0 bridgehead atoms. The van der Waals surface area contributed by atoms with E-state index >= 15 is 0 Å². The number of fused-ring (bicyclic) bond motifs is 1. The monoisotopic (exact) mass is 348 g/mol. The number of piperidine rings is 1. The molecule has 2 N–H and O–H groups in total. The van der Waals surface area contributed by atoms with Gasteiger partial charge in [-0.2, -0.15) is 0 Å². The number of hydrogen-bond donors (Lipinski definition) is 2. The van der Waals surface area contributed by atoms with Crippen molar-refractivity contribution < 1.29 is 9.59 Å². The van der Waals surface area contributed by atoms with Gasteiger partial charge in [-0.05, 0) is 48.8 Å². The second-order valence-corrected chi connectivity index (χ2v) is 7.54. The van der Waals surface area contributed by atoms with Gasteiger partial charge in [-0.1, -0.05) is 36.6 Å². The van der Waals surface area contributed by atoms with Crippen molar-refractivity contribution in [2.45, 2.75) is 58.0 Å². The Morgan fingerprint density at radius 3 is 2.88 bits per heavy atom. The standard InChI is InChI=1S/C19H25ClN2O2/c1-12(23)21-11-13-6-7-14(17(20)8-13)9-16-10-15-4-2-3-5-18(15)22-19(16)24/h6-8,15-16,18H,2-5,9-11H2,1H3,(H,21,23)(H,22,24). The summed E-state index contributed by atoms with van der Waals surface area (Å²) >= 11 is 6.40. The fourth-order valence-corrected chi connectivity index (χ4v) is 4.27. The highest BCUT2D eigenvalue weighted by molar-refractivity contribution is 6.31. The Bertz CT molecular complexity index is 632. The minimum absolute atomic E-state index is 0.0167. The summed E-state index contributed by atoms with van der Waals surface area (Å²) in [5.41, 5.74) is 1.98. The van der Waals surface area contributed by atoms with E-state index in [0.29, 0.717) is 29.9 Å². The largest absolute Gasteiger partial charge is 0.353 e. The van der Waals surface area contributed by atoms with Crippen LogP contribution in [0.25, 0.3) is 0 Å². The molecular formula is C19H25ClN2O2. The molecule has 1 saturated heterocycles. The van der Waals surface area contributed by atoms with Crippen LogP contribution < -0.4 is 10.6 Å². The number of halogens is 1. The van der Waals surface area contributed by atoms with Gasteiger partial charge in [0.15, 0.2) is 0 Å². The second-order valence-electron chi connectivity index (χ2n) is 7.13. The summed E-state index contributed by atoms with van der Waals surface area (Å²) < 4.78 is 0. The summed E-state index contributed by atoms with van der Waals surface area (Å²) in [4.78, 5) is 23.4. The van der Waals surface area contributed by atoms with Crippen molar-refractivity contribution in [3.8, 4) is 0 Å². The van der Waals surface area contributed by atoms with Crippen LogP contribution in [0.15, 0.2) is 18.2 Å². The quantitative estimate of drug-likeness (QED) is 0.877. The summed E-state index contributed by atoms with van der Waals surface area (Å²) in [7, 11) is 0. The summed E-state index contributed by atoms with van der Waals surface area (Å²) in [5, 5.41) is 6.67. The fourth-order valence-electron chi connectivity index (χ4n) is 3.99. The molecule has 24 heavy (non-hydrogen) atoms. The van der Waals surface area contributed by atoms with Gasteiger partial charge in [0.05, 0.1) is 0 Å². The van der Waals surface area contributed by atoms with Gasteiger partial charge >= 0.3 is 0 Å². The van der Waals surface area contributed by atoms with Crippen LogP contribution in [0.5, 0.6) is 0 Å². The van der Waals surface area contributed by atoms with Crippen LogP contribution in [-0.4, -0.2) is 17.9 Å². The highest BCUT2D eigenvalue weighted by atomic mass is 35.5. The van der Waals surface area contributed by atoms with Gasteiger partial charge in [0, 0.05) is 30.5 Å². The molecule has 1 aromatic carbocycles. The van der Waals surface area contributed by atoms with E-state index in [1.807, 2.05) is 18.2 Å². The Labute approximate surface area is 148 Å². The van der Waals surface area contributed by atoms with Crippen molar-refractivity contribution in [1.82, 2.24) is 10.6 Å². The second kappa shape index (κ2) is 7.56. The first-order valence-electron chi connectivity index (χ1n) is 8.85. The number of hydrogen-bond acceptors (Lipinski definition) is 2. The molecule has 3 atom stereocenters. The van der Waals surface area contributed by atoms with Gasteiger partial charge in [-0.25, -0.2) is 0 Å². The molecule has 2 fully saturated rings. The molecular weight excluding hydrogens is 324 g/mol. The smallest absolute Gasteiger partial charge is 0.223 e. The highest BCUT2D eigenvalue weighted by Crippen LogP contribution is 2.35. The lowest BCUT2D eigenvalue weighted by atomic mass is 9.74. The van der Waals surface area contributed by atoms with Crippen LogP contribution in [0.4, 0.5) is 0 Å². The number of benzene rings is 1. The Balaban J connectivity index is 1.64. The lowest BCUT2D eigenvalue weighted by Gasteiger charge is -2.39. The maximum Gasteiger partial charge on any atom is 0.223 e. The third-order valence-electron chi connectivity index (χ3n) is 5.32. The van der Waals surface area contributed by atoms with E-state index in [-0.39, 0.29) is 17.7 Å². The molecule has 3 unspecified atom stereocenters. The zero-order valence-corrected chi connectivity index (χ0v) is 14.9. The average molecular weight is 349 g/mol. The van der Waals surface area contributed by atoms with E-state index in [2.05, 4.69) is 10.6 Å². The van der Waals surface area contributed by atoms with Gasteiger partial charge < -0.3 is 10.6 Å². The topological polar surface area (TPSA) is 58.2 Å². The summed E-state index contributed by atoms with van der Waals surface area (Å²) in [6, 6.07) is 6.23. The van der Waals surface area contributed by atoms with Crippen LogP contribution in [-0.2, 0) is 22.6 Å². The van der Waals surface area contributed by atoms with Gasteiger partial charge in [-0.3, -0.25) is 9.59 Å². The predicted octanol–water partition coefficient (Wildman–Crippen LogP) is 3.21. The lowest BCUT2D eigenvalue weighted by Crippen LogP contribution is -2.51. The van der Waals surface area contributed by atoms with E-state index in [0.717, 1.165) is 24.0 Å². The molecule has 2 amide bonds. The Hall–Kier alpha value is -1.55. The van der Waals surface area contributed by atoms with Gasteiger partial charge in [0.1, 0.15) is 0 Å². The van der Waals surface area contributed by atoms with Crippen molar-refractivity contribution in [3.63, 3.8) is 0 Å². The summed E-state index contributed by atoms with van der Waals surface area (Å²) in [6.07, 6.45) is 6.53. The van der Waals surface area contributed by atoms with E-state index in [9.17, 15) is 9.59 Å². The van der Waals surface area contributed by atoms with E-state index in [1.54, 1.807) is 0 Å². The Morgan fingerprint density at radius 2 is 2.12 bits per heavy atom. The molecule has 2 aliphatic rings. The summed E-state index contributed by atoms with van der Waals surface area (Å²) in [6.45, 7) is 1.97. The number of nitrogens with one attached hydrogen (secondary N) is 2. The molecule has 0 spiro atoms. The molecule has 5 heteroatoms. The van der Waals surface area contributed by atoms with Gasteiger partial charge in [-0.15, -0.1) is 0 Å². The summed E-state index contributed by atoms with van der Waals surface area (Å²) in [5.74, 6) is 0.759. The number of amides is 2. The number of carbonyl (C=O) groups is 2. The highest BCUT2D eigenvalue weighted by Gasteiger charge is 2.36. The fraction of sp³-hybridized carbons (Fsp3) is 0.579. The minimum atomic E-state index is -0.0592. The predicted molar refractivity (Wildman–Crippen MR) is 94.7 cm³/mol. The van der Waals surface area contributed by atoms with E-state index in [1.165, 1.54) is 26.2 Å². The first-order valence-corrected chi connectivity index (χ1v) is 9.23. The van der Waals surface area contributed by atoms with Crippen molar-refractivity contribution in [2.24, 2.45) is 11.8 Å². The zero-order valence-electron chi connectivity index (χ0n) is 14.1. The first kappa shape index (κ1) is 17.3. The number of rotatable bonds is 4. The minimum Gasteiger partial charge on any atom is -0.353 e. The molecule has 1 aliphatic carbocycles. The van der Waals surface area contributed by atoms with Crippen LogP contribution in [0.3, 0.4) is 0 Å². The normalized spacial score (nSPS) is 26.4. The molecule has 3 rings (SSSR count). The maximum atomic E-state index is 12.4. The molecule has 1 aromatic rings. The maximum absolute atomic E-state index is 12.4. The van der Waals surface area contributed by atoms with Crippen molar-refractivity contribution in [1.29, 1.82) is 0 Å². The van der Waals surface area contributed by atoms with Gasteiger partial charge in [0.2, 0.25) is 11.8 Å². The van der Waals surface area contributed by atoms with Crippen LogP contribution in [0, 0.1) is 11.8 Å². The van der Waals surface area contributed by atoms with Crippen molar-refractivity contribution in [3.05, 3.63) is 34.3 Å². The van der Waals surface area contributed by atoms with E-state index < -0.39 is 0 Å². The molecule has 1 heterocycles. The number of carbonyl (C=O) groups excluding carboxylic acids is 2. The van der Waals surface area contributed by atoms with Crippen LogP contribution in [0.2, 0.25) is 5.02 Å². The molecule has 4 nitrogen and oxygen atoms in total. The van der Waals surface area contributed by atoms with Crippen molar-refractivity contribution in [2.75, 3.05) is 0 Å². The lowest BCUT2D eigenvalue weighted by molar-refractivity contribution is -0.130. The molecule has 1 aliphatic heterocycles. The Kier molecular flexibility index (Phi) is 5.44. The molecule has 0 radical (unpaired) electrons. The molecule has 130 valence electrons. The van der Waals surface area contributed by atoms with Crippen LogP contribution in [0.1, 0.15) is 50.2 Å².